The van der Waals surface area contributed by atoms with Gasteiger partial charge in [0.1, 0.15) is 0 Å². The average Bonchev–Trinajstić information content (AvgIpc) is 2.97. The topological polar surface area (TPSA) is 114 Å². The summed E-state index contributed by atoms with van der Waals surface area (Å²) in [7, 11) is -4.25. The van der Waals surface area contributed by atoms with Crippen LogP contribution in [0.3, 0.4) is 0 Å². The minimum absolute atomic E-state index is 0.256. The van der Waals surface area contributed by atoms with Crippen molar-refractivity contribution < 1.29 is 14.4 Å². The highest BCUT2D eigenvalue weighted by molar-refractivity contribution is 7.98. The van der Waals surface area contributed by atoms with Gasteiger partial charge in [-0.1, -0.05) is 0 Å². The third-order valence-electron chi connectivity index (χ3n) is 2.83. The molecule has 0 amide bonds. The van der Waals surface area contributed by atoms with Gasteiger partial charge in [-0.05, 0) is 6.92 Å². The molecule has 0 saturated heterocycles. The third-order valence-corrected chi connectivity index (χ3v) is 4.82. The van der Waals surface area contributed by atoms with Crippen molar-refractivity contribution in [1.29, 1.82) is 0 Å². The fourth-order valence-electron chi connectivity index (χ4n) is 1.78. The maximum absolute atomic E-state index is 11.2. The summed E-state index contributed by atoms with van der Waals surface area (Å²) < 4.78 is 12.2. The molecule has 0 radical (unpaired) electrons. The maximum Gasteiger partial charge on any atom is 0.432 e. The molecule has 0 spiro atoms. The zero-order chi connectivity index (χ0) is 14.6. The Hall–Kier alpha value is -1.02. The van der Waals surface area contributed by atoms with Gasteiger partial charge in [0, 0.05) is 23.7 Å². The first kappa shape index (κ1) is 15.4. The van der Waals surface area contributed by atoms with E-state index in [0.717, 1.165) is 27.6 Å². The summed E-state index contributed by atoms with van der Waals surface area (Å²) in [5.74, 6) is 1.90. The van der Waals surface area contributed by atoms with E-state index in [1.807, 2.05) is 6.92 Å². The van der Waals surface area contributed by atoms with Gasteiger partial charge < -0.3 is 20.1 Å². The number of nitrogens with zero attached hydrogens (tertiary/aromatic N) is 3. The number of aliphatic imine (C=N–C) groups is 1. The molecule has 4 N–H and O–H groups in total. The van der Waals surface area contributed by atoms with Gasteiger partial charge >= 0.3 is 7.75 Å². The van der Waals surface area contributed by atoms with E-state index >= 15 is 0 Å². The van der Waals surface area contributed by atoms with Gasteiger partial charge in [0.15, 0.2) is 0 Å². The standard InChI is InChI=1S/C10H18N5O3PS/c1-8-9(14-7-13-8)6-20-5-3-12-10-11-2-4-15(10)19(16,17)18/h7H,2-6H2,1H3,(H,11,12)(H,13,14)(H2,16,17,18). The molecule has 0 fully saturated rings. The highest BCUT2D eigenvalue weighted by Crippen LogP contribution is 2.40. The number of nitrogens with one attached hydrogen (secondary N) is 2. The van der Waals surface area contributed by atoms with Crippen LogP contribution >= 0.6 is 19.5 Å². The maximum atomic E-state index is 11.2. The lowest BCUT2D eigenvalue weighted by atomic mass is 10.4. The van der Waals surface area contributed by atoms with Crippen LogP contribution in [0.4, 0.5) is 0 Å². The van der Waals surface area contributed by atoms with Crippen molar-refractivity contribution in [3.8, 4) is 0 Å². The normalized spacial score (nSPS) is 15.6. The lowest BCUT2D eigenvalue weighted by Crippen LogP contribution is -2.37. The summed E-state index contributed by atoms with van der Waals surface area (Å²) in [6, 6.07) is 0. The van der Waals surface area contributed by atoms with Crippen molar-refractivity contribution in [2.24, 2.45) is 4.99 Å². The molecule has 1 aromatic rings. The second-order valence-electron chi connectivity index (χ2n) is 4.30. The van der Waals surface area contributed by atoms with Crippen LogP contribution in [0.2, 0.25) is 0 Å². The van der Waals surface area contributed by atoms with Crippen molar-refractivity contribution in [2.45, 2.75) is 12.7 Å². The zero-order valence-corrected chi connectivity index (χ0v) is 12.8. The molecule has 0 saturated carbocycles. The Morgan fingerprint density at radius 3 is 3.05 bits per heavy atom. The second kappa shape index (κ2) is 6.62. The molecule has 0 atom stereocenters. The van der Waals surface area contributed by atoms with Crippen LogP contribution in [0.25, 0.3) is 0 Å². The SMILES string of the molecule is Cc1[nH]cnc1CSCCNC1=NCCN1P(=O)(O)O. The molecule has 10 heteroatoms. The molecule has 1 aromatic heterocycles. The molecule has 0 aliphatic carbocycles. The smallest absolute Gasteiger partial charge is 0.355 e. The number of aromatic nitrogens is 2. The van der Waals surface area contributed by atoms with Gasteiger partial charge in [-0.15, -0.1) is 0 Å². The molecule has 1 aliphatic rings. The molecular formula is C10H18N5O3PS. The Balaban J connectivity index is 1.69. The number of imidazole rings is 1. The Morgan fingerprint density at radius 1 is 1.60 bits per heavy atom. The second-order valence-corrected chi connectivity index (χ2v) is 6.91. The Morgan fingerprint density at radius 2 is 2.40 bits per heavy atom. The average molecular weight is 319 g/mol. The van der Waals surface area contributed by atoms with E-state index in [9.17, 15) is 4.57 Å². The summed E-state index contributed by atoms with van der Waals surface area (Å²) >= 11 is 1.70. The summed E-state index contributed by atoms with van der Waals surface area (Å²) in [5.41, 5.74) is 2.10. The van der Waals surface area contributed by atoms with E-state index in [4.69, 9.17) is 9.79 Å². The van der Waals surface area contributed by atoms with Gasteiger partial charge in [0.25, 0.3) is 0 Å². The van der Waals surface area contributed by atoms with E-state index in [2.05, 4.69) is 20.3 Å². The van der Waals surface area contributed by atoms with E-state index in [-0.39, 0.29) is 12.5 Å². The first-order valence-electron chi connectivity index (χ1n) is 6.17. The largest absolute Gasteiger partial charge is 0.432 e. The molecule has 112 valence electrons. The first-order valence-corrected chi connectivity index (χ1v) is 8.89. The van der Waals surface area contributed by atoms with Crippen LogP contribution in [-0.4, -0.2) is 55.8 Å². The van der Waals surface area contributed by atoms with Gasteiger partial charge in [-0.25, -0.2) is 14.2 Å². The van der Waals surface area contributed by atoms with Gasteiger partial charge in [-0.2, -0.15) is 11.8 Å². The predicted molar refractivity (Wildman–Crippen MR) is 78.5 cm³/mol. The number of H-pyrrole nitrogens is 1. The highest BCUT2D eigenvalue weighted by atomic mass is 32.2. The Kier molecular flexibility index (Phi) is 5.09. The third kappa shape index (κ3) is 3.99. The zero-order valence-electron chi connectivity index (χ0n) is 11.1. The molecule has 8 nitrogen and oxygen atoms in total. The van der Waals surface area contributed by atoms with Crippen molar-refractivity contribution in [3.63, 3.8) is 0 Å². The predicted octanol–water partition coefficient (Wildman–Crippen LogP) is 0.305. The Bertz CT molecular complexity index is 529. The van der Waals surface area contributed by atoms with Gasteiger partial charge in [0.05, 0.1) is 25.1 Å². The number of thioether (sulfide) groups is 1. The minimum atomic E-state index is -4.25. The summed E-state index contributed by atoms with van der Waals surface area (Å²) in [6.07, 6.45) is 1.68. The van der Waals surface area contributed by atoms with Crippen LogP contribution < -0.4 is 5.32 Å². The Labute approximate surface area is 121 Å². The fourth-order valence-corrected chi connectivity index (χ4v) is 3.38. The van der Waals surface area contributed by atoms with Crippen LogP contribution in [-0.2, 0) is 10.3 Å². The summed E-state index contributed by atoms with van der Waals surface area (Å²) in [6.45, 7) is 3.25. The molecule has 2 rings (SSSR count). The van der Waals surface area contributed by atoms with Crippen LogP contribution in [0, 0.1) is 6.92 Å². The number of rotatable bonds is 6. The van der Waals surface area contributed by atoms with E-state index in [1.54, 1.807) is 18.1 Å². The number of aromatic amines is 1. The lowest BCUT2D eigenvalue weighted by Gasteiger charge is -2.21. The molecule has 0 unspecified atom stereocenters. The van der Waals surface area contributed by atoms with Gasteiger partial charge in [0.2, 0.25) is 5.96 Å². The number of hydrogen-bond donors (Lipinski definition) is 4. The lowest BCUT2D eigenvalue weighted by molar-refractivity contribution is 0.320. The minimum Gasteiger partial charge on any atom is -0.355 e. The van der Waals surface area contributed by atoms with E-state index in [0.29, 0.717) is 13.1 Å². The monoisotopic (exact) mass is 319 g/mol. The molecule has 0 aromatic carbocycles. The van der Waals surface area contributed by atoms with Crippen molar-refractivity contribution in [1.82, 2.24) is 20.0 Å². The van der Waals surface area contributed by atoms with Crippen LogP contribution in [0.1, 0.15) is 11.4 Å². The number of aryl methyl sites for hydroxylation is 1. The molecule has 1 aliphatic heterocycles. The molecule has 20 heavy (non-hydrogen) atoms. The quantitative estimate of drug-likeness (QED) is 0.440. The molecular weight excluding hydrogens is 301 g/mol. The molecule has 0 bridgehead atoms. The van der Waals surface area contributed by atoms with E-state index in [1.165, 1.54) is 0 Å². The highest BCUT2D eigenvalue weighted by Gasteiger charge is 2.31. The van der Waals surface area contributed by atoms with E-state index < -0.39 is 7.75 Å². The van der Waals surface area contributed by atoms with Gasteiger partial charge in [-0.3, -0.25) is 4.99 Å². The van der Waals surface area contributed by atoms with Crippen molar-refractivity contribution in [3.05, 3.63) is 17.7 Å². The summed E-state index contributed by atoms with van der Waals surface area (Å²) in [4.78, 5) is 29.6. The van der Waals surface area contributed by atoms with Crippen LogP contribution in [0.15, 0.2) is 11.3 Å². The molecule has 2 heterocycles. The fraction of sp³-hybridized carbons (Fsp3) is 0.600. The van der Waals surface area contributed by atoms with Crippen LogP contribution in [0.5, 0.6) is 0 Å². The van der Waals surface area contributed by atoms with Crippen molar-refractivity contribution >= 4 is 25.5 Å². The first-order chi connectivity index (χ1) is 9.48. The number of guanidine groups is 1. The summed E-state index contributed by atoms with van der Waals surface area (Å²) in [5, 5.41) is 2.97. The number of hydrogen-bond acceptors (Lipinski definition) is 5. The van der Waals surface area contributed by atoms with Crippen molar-refractivity contribution in [2.75, 3.05) is 25.4 Å².